The maximum absolute atomic E-state index is 5.91. The predicted molar refractivity (Wildman–Crippen MR) is 81.9 cm³/mol. The van der Waals surface area contributed by atoms with Crippen LogP contribution < -0.4 is 10.6 Å². The van der Waals surface area contributed by atoms with Gasteiger partial charge < -0.3 is 15.4 Å². The van der Waals surface area contributed by atoms with Crippen molar-refractivity contribution in [2.24, 2.45) is 5.73 Å². The second-order valence-corrected chi connectivity index (χ2v) is 5.88. The molecule has 0 amide bonds. The fourth-order valence-corrected chi connectivity index (χ4v) is 2.82. The van der Waals surface area contributed by atoms with Crippen LogP contribution in [0.2, 0.25) is 0 Å². The van der Waals surface area contributed by atoms with Crippen LogP contribution in [0.1, 0.15) is 19.4 Å². The molecule has 4 heteroatoms. The molecule has 0 radical (unpaired) electrons. The van der Waals surface area contributed by atoms with Gasteiger partial charge >= 0.3 is 0 Å². The van der Waals surface area contributed by atoms with Gasteiger partial charge in [0.15, 0.2) is 0 Å². The quantitative estimate of drug-likeness (QED) is 0.910. The Morgan fingerprint density at radius 3 is 2.90 bits per heavy atom. The number of nitrogens with zero attached hydrogens (tertiary/aromatic N) is 2. The van der Waals surface area contributed by atoms with Crippen molar-refractivity contribution in [3.63, 3.8) is 0 Å². The van der Waals surface area contributed by atoms with Crippen LogP contribution in [-0.2, 0) is 11.3 Å². The fourth-order valence-electron chi connectivity index (χ4n) is 2.82. The molecule has 1 saturated heterocycles. The number of ether oxygens (including phenoxy) is 1. The molecule has 1 aromatic heterocycles. The fraction of sp³-hybridized carbons (Fsp3) is 0.438. The molecular formula is C16H21N3O. The van der Waals surface area contributed by atoms with Crippen molar-refractivity contribution in [2.75, 3.05) is 24.7 Å². The smallest absolute Gasteiger partial charge is 0.130 e. The first-order chi connectivity index (χ1) is 9.62. The zero-order valence-corrected chi connectivity index (χ0v) is 12.1. The van der Waals surface area contributed by atoms with Crippen molar-refractivity contribution in [3.8, 4) is 0 Å². The molecule has 1 aliphatic heterocycles. The molecule has 2 N–H and O–H groups in total. The van der Waals surface area contributed by atoms with Gasteiger partial charge in [-0.05, 0) is 31.5 Å². The SMILES string of the molecule is CC1(C)COCCN1c1cc(CN)c2ccccc2n1. The first-order valence-corrected chi connectivity index (χ1v) is 7.06. The number of benzene rings is 1. The lowest BCUT2D eigenvalue weighted by atomic mass is 10.0. The number of morpholine rings is 1. The van der Waals surface area contributed by atoms with Gasteiger partial charge in [-0.2, -0.15) is 0 Å². The molecule has 0 bridgehead atoms. The maximum atomic E-state index is 5.91. The molecule has 106 valence electrons. The van der Waals surface area contributed by atoms with Crippen LogP contribution in [0.25, 0.3) is 10.9 Å². The summed E-state index contributed by atoms with van der Waals surface area (Å²) in [6.07, 6.45) is 0. The van der Waals surface area contributed by atoms with E-state index in [0.717, 1.165) is 42.0 Å². The number of nitrogens with two attached hydrogens (primary N) is 1. The summed E-state index contributed by atoms with van der Waals surface area (Å²) in [7, 11) is 0. The van der Waals surface area contributed by atoms with E-state index in [2.05, 4.69) is 30.9 Å². The number of pyridine rings is 1. The molecule has 1 fully saturated rings. The minimum absolute atomic E-state index is 0.0421. The summed E-state index contributed by atoms with van der Waals surface area (Å²) in [5.74, 6) is 0.998. The van der Waals surface area contributed by atoms with Crippen molar-refractivity contribution in [3.05, 3.63) is 35.9 Å². The van der Waals surface area contributed by atoms with Gasteiger partial charge in [0.1, 0.15) is 5.82 Å². The Labute approximate surface area is 119 Å². The highest BCUT2D eigenvalue weighted by molar-refractivity contribution is 5.84. The average molecular weight is 271 g/mol. The molecule has 0 unspecified atom stereocenters. The lowest BCUT2D eigenvalue weighted by Gasteiger charge is -2.43. The highest BCUT2D eigenvalue weighted by Crippen LogP contribution is 2.29. The lowest BCUT2D eigenvalue weighted by molar-refractivity contribution is 0.0639. The minimum atomic E-state index is -0.0421. The molecule has 20 heavy (non-hydrogen) atoms. The molecule has 0 spiro atoms. The monoisotopic (exact) mass is 271 g/mol. The summed E-state index contributed by atoms with van der Waals surface area (Å²) in [6.45, 7) is 7.23. The van der Waals surface area contributed by atoms with Gasteiger partial charge in [0.05, 0.1) is 24.3 Å². The summed E-state index contributed by atoms with van der Waals surface area (Å²) < 4.78 is 5.59. The van der Waals surface area contributed by atoms with E-state index in [1.165, 1.54) is 0 Å². The van der Waals surface area contributed by atoms with E-state index in [0.29, 0.717) is 6.54 Å². The van der Waals surface area contributed by atoms with Gasteiger partial charge in [-0.25, -0.2) is 4.98 Å². The number of rotatable bonds is 2. The van der Waals surface area contributed by atoms with Crippen molar-refractivity contribution < 1.29 is 4.74 Å². The van der Waals surface area contributed by atoms with Gasteiger partial charge in [0.25, 0.3) is 0 Å². The zero-order chi connectivity index (χ0) is 14.2. The molecule has 3 rings (SSSR count). The van der Waals surface area contributed by atoms with Crippen LogP contribution in [-0.4, -0.2) is 30.3 Å². The first kappa shape index (κ1) is 13.3. The van der Waals surface area contributed by atoms with E-state index < -0.39 is 0 Å². The molecule has 1 aromatic carbocycles. The third-order valence-corrected chi connectivity index (χ3v) is 3.93. The highest BCUT2D eigenvalue weighted by Gasteiger charge is 2.31. The van der Waals surface area contributed by atoms with Crippen LogP contribution in [0.15, 0.2) is 30.3 Å². The Bertz CT molecular complexity index is 624. The van der Waals surface area contributed by atoms with Crippen molar-refractivity contribution in [1.82, 2.24) is 4.98 Å². The first-order valence-electron chi connectivity index (χ1n) is 7.06. The van der Waals surface area contributed by atoms with Crippen LogP contribution in [0.4, 0.5) is 5.82 Å². The number of anilines is 1. The van der Waals surface area contributed by atoms with Crippen LogP contribution in [0.5, 0.6) is 0 Å². The lowest BCUT2D eigenvalue weighted by Crippen LogP contribution is -2.53. The summed E-state index contributed by atoms with van der Waals surface area (Å²) in [5, 5.41) is 1.14. The second kappa shape index (κ2) is 5.04. The van der Waals surface area contributed by atoms with E-state index in [9.17, 15) is 0 Å². The number of hydrogen-bond donors (Lipinski definition) is 1. The van der Waals surface area contributed by atoms with Crippen LogP contribution >= 0.6 is 0 Å². The molecule has 2 aromatic rings. The number of para-hydroxylation sites is 1. The maximum Gasteiger partial charge on any atom is 0.130 e. The summed E-state index contributed by atoms with van der Waals surface area (Å²) in [5.41, 5.74) is 8.02. The normalized spacial score (nSPS) is 18.4. The van der Waals surface area contributed by atoms with Crippen molar-refractivity contribution in [1.29, 1.82) is 0 Å². The second-order valence-electron chi connectivity index (χ2n) is 5.88. The Morgan fingerprint density at radius 1 is 1.35 bits per heavy atom. The molecule has 2 heterocycles. The summed E-state index contributed by atoms with van der Waals surface area (Å²) >= 11 is 0. The standard InChI is InChI=1S/C16H21N3O/c1-16(2)11-20-8-7-19(16)15-9-12(10-17)13-5-3-4-6-14(13)18-15/h3-6,9H,7-8,10-11,17H2,1-2H3. The topological polar surface area (TPSA) is 51.4 Å². The zero-order valence-electron chi connectivity index (χ0n) is 12.1. The minimum Gasteiger partial charge on any atom is -0.377 e. The Balaban J connectivity index is 2.11. The molecule has 0 aliphatic carbocycles. The summed E-state index contributed by atoms with van der Waals surface area (Å²) in [6, 6.07) is 10.3. The Kier molecular flexibility index (Phi) is 3.36. The molecular weight excluding hydrogens is 250 g/mol. The predicted octanol–water partition coefficient (Wildman–Crippen LogP) is 2.31. The Morgan fingerprint density at radius 2 is 2.15 bits per heavy atom. The van der Waals surface area contributed by atoms with Crippen LogP contribution in [0, 0.1) is 0 Å². The highest BCUT2D eigenvalue weighted by atomic mass is 16.5. The number of fused-ring (bicyclic) bond motifs is 1. The van der Waals surface area contributed by atoms with E-state index in [1.807, 2.05) is 18.2 Å². The number of aromatic nitrogens is 1. The molecule has 0 atom stereocenters. The van der Waals surface area contributed by atoms with E-state index in [1.54, 1.807) is 0 Å². The summed E-state index contributed by atoms with van der Waals surface area (Å²) in [4.78, 5) is 7.14. The van der Waals surface area contributed by atoms with E-state index >= 15 is 0 Å². The molecule has 1 aliphatic rings. The Hall–Kier alpha value is -1.65. The van der Waals surface area contributed by atoms with Gasteiger partial charge in [0.2, 0.25) is 0 Å². The van der Waals surface area contributed by atoms with E-state index in [-0.39, 0.29) is 5.54 Å². The third kappa shape index (κ3) is 2.25. The largest absolute Gasteiger partial charge is 0.377 e. The number of hydrogen-bond acceptors (Lipinski definition) is 4. The van der Waals surface area contributed by atoms with Gasteiger partial charge in [-0.15, -0.1) is 0 Å². The average Bonchev–Trinajstić information content (AvgIpc) is 2.45. The third-order valence-electron chi connectivity index (χ3n) is 3.93. The van der Waals surface area contributed by atoms with E-state index in [4.69, 9.17) is 15.5 Å². The molecule has 4 nitrogen and oxygen atoms in total. The van der Waals surface area contributed by atoms with Crippen molar-refractivity contribution >= 4 is 16.7 Å². The van der Waals surface area contributed by atoms with Crippen LogP contribution in [0.3, 0.4) is 0 Å². The van der Waals surface area contributed by atoms with Gasteiger partial charge in [-0.1, -0.05) is 18.2 Å². The van der Waals surface area contributed by atoms with Gasteiger partial charge in [-0.3, -0.25) is 0 Å². The van der Waals surface area contributed by atoms with Crippen molar-refractivity contribution in [2.45, 2.75) is 25.9 Å². The van der Waals surface area contributed by atoms with Gasteiger partial charge in [0, 0.05) is 18.5 Å². The molecule has 0 saturated carbocycles.